The van der Waals surface area contributed by atoms with Crippen molar-refractivity contribution in [1.82, 2.24) is 9.55 Å². The van der Waals surface area contributed by atoms with Gasteiger partial charge in [0.1, 0.15) is 10.7 Å². The Bertz CT molecular complexity index is 1100. The average Bonchev–Trinajstić information content (AvgIpc) is 3.03. The van der Waals surface area contributed by atoms with Crippen molar-refractivity contribution in [2.75, 3.05) is 27.9 Å². The maximum atomic E-state index is 13.2. The molecule has 0 saturated heterocycles. The Kier molecular flexibility index (Phi) is 5.66. The third-order valence-corrected chi connectivity index (χ3v) is 5.64. The van der Waals surface area contributed by atoms with E-state index in [1.165, 1.54) is 11.7 Å². The number of carbonyl (C=O) groups excluding carboxylic acids is 1. The van der Waals surface area contributed by atoms with E-state index in [-0.39, 0.29) is 5.56 Å². The number of rotatable bonds is 7. The van der Waals surface area contributed by atoms with Crippen molar-refractivity contribution in [2.24, 2.45) is 5.73 Å². The molecule has 3 rings (SSSR count). The summed E-state index contributed by atoms with van der Waals surface area (Å²) in [5.74, 6) is 0.970. The van der Waals surface area contributed by atoms with Gasteiger partial charge in [-0.05, 0) is 30.7 Å². The number of nitrogens with zero attached hydrogens (tertiary/aromatic N) is 2. The second-order valence-electron chi connectivity index (χ2n) is 6.06. The molecule has 0 aliphatic rings. The standard InChI is InChI=1S/C19H21N3O5S/c1-10-14-18(28-15(10)16(20)23)21-17(22(19(14)24)7-8-25-2)11-5-6-12(26-3)13(9-11)27-4/h5-6,9H,7-8H2,1-4H3,(H2,20,23). The van der Waals surface area contributed by atoms with Gasteiger partial charge in [-0.15, -0.1) is 11.3 Å². The molecule has 148 valence electrons. The molecule has 0 bridgehead atoms. The average molecular weight is 403 g/mol. The molecule has 1 aromatic carbocycles. The predicted octanol–water partition coefficient (Wildman–Crippen LogP) is 2.20. The van der Waals surface area contributed by atoms with Crippen molar-refractivity contribution in [3.05, 3.63) is 39.0 Å². The Balaban J connectivity index is 2.31. The molecule has 28 heavy (non-hydrogen) atoms. The van der Waals surface area contributed by atoms with Crippen molar-refractivity contribution >= 4 is 27.5 Å². The Hall–Kier alpha value is -2.91. The summed E-state index contributed by atoms with van der Waals surface area (Å²) in [7, 11) is 4.66. The fraction of sp³-hybridized carbons (Fsp3) is 0.316. The van der Waals surface area contributed by atoms with Gasteiger partial charge >= 0.3 is 0 Å². The predicted molar refractivity (Wildman–Crippen MR) is 108 cm³/mol. The van der Waals surface area contributed by atoms with Gasteiger partial charge in [0.15, 0.2) is 11.5 Å². The van der Waals surface area contributed by atoms with E-state index < -0.39 is 5.91 Å². The highest BCUT2D eigenvalue weighted by atomic mass is 32.1. The number of ether oxygens (including phenoxy) is 3. The molecular weight excluding hydrogens is 382 g/mol. The van der Waals surface area contributed by atoms with Gasteiger partial charge in [0.05, 0.1) is 37.6 Å². The topological polar surface area (TPSA) is 106 Å². The zero-order chi connectivity index (χ0) is 20.4. The largest absolute Gasteiger partial charge is 0.493 e. The number of fused-ring (bicyclic) bond motifs is 1. The summed E-state index contributed by atoms with van der Waals surface area (Å²) in [5, 5.41) is 0.402. The van der Waals surface area contributed by atoms with Crippen molar-refractivity contribution < 1.29 is 19.0 Å². The molecule has 0 radical (unpaired) electrons. The van der Waals surface area contributed by atoms with Crippen LogP contribution in [0, 0.1) is 6.92 Å². The van der Waals surface area contributed by atoms with Crippen LogP contribution in [0.4, 0.5) is 0 Å². The molecule has 2 N–H and O–H groups in total. The van der Waals surface area contributed by atoms with Gasteiger partial charge in [0, 0.05) is 12.7 Å². The third kappa shape index (κ3) is 3.34. The monoisotopic (exact) mass is 403 g/mol. The van der Waals surface area contributed by atoms with Crippen LogP contribution in [-0.4, -0.2) is 43.4 Å². The molecule has 3 aromatic rings. The zero-order valence-corrected chi connectivity index (χ0v) is 16.9. The highest BCUT2D eigenvalue weighted by Crippen LogP contribution is 2.33. The molecule has 2 heterocycles. The number of methoxy groups -OCH3 is 3. The van der Waals surface area contributed by atoms with Crippen LogP contribution in [0.1, 0.15) is 15.2 Å². The Morgan fingerprint density at radius 2 is 1.93 bits per heavy atom. The summed E-state index contributed by atoms with van der Waals surface area (Å²) in [6, 6.07) is 5.30. The van der Waals surface area contributed by atoms with Crippen LogP contribution in [0.2, 0.25) is 0 Å². The smallest absolute Gasteiger partial charge is 0.262 e. The summed E-state index contributed by atoms with van der Waals surface area (Å²) in [4.78, 5) is 30.4. The summed E-state index contributed by atoms with van der Waals surface area (Å²) in [6.45, 7) is 2.35. The first kappa shape index (κ1) is 19.8. The molecule has 1 amide bonds. The number of benzene rings is 1. The van der Waals surface area contributed by atoms with Crippen molar-refractivity contribution in [3.8, 4) is 22.9 Å². The summed E-state index contributed by atoms with van der Waals surface area (Å²) in [5.41, 5.74) is 6.44. The van der Waals surface area contributed by atoms with Gasteiger partial charge in [0.25, 0.3) is 11.5 Å². The minimum absolute atomic E-state index is 0.243. The zero-order valence-electron chi connectivity index (χ0n) is 16.1. The number of carbonyl (C=O) groups is 1. The fourth-order valence-corrected chi connectivity index (χ4v) is 4.06. The maximum Gasteiger partial charge on any atom is 0.262 e. The lowest BCUT2D eigenvalue weighted by atomic mass is 10.1. The van der Waals surface area contributed by atoms with E-state index in [1.54, 1.807) is 39.3 Å². The molecule has 9 heteroatoms. The first-order chi connectivity index (χ1) is 13.4. The van der Waals surface area contributed by atoms with Crippen LogP contribution >= 0.6 is 11.3 Å². The van der Waals surface area contributed by atoms with Crippen LogP contribution in [0.15, 0.2) is 23.0 Å². The third-order valence-electron chi connectivity index (χ3n) is 4.43. The number of aromatic nitrogens is 2. The number of primary amides is 1. The molecule has 0 atom stereocenters. The molecule has 0 saturated carbocycles. The van der Waals surface area contributed by atoms with E-state index in [1.807, 2.05) is 0 Å². The molecule has 0 aliphatic carbocycles. The highest BCUT2D eigenvalue weighted by molar-refractivity contribution is 7.20. The number of amides is 1. The van der Waals surface area contributed by atoms with E-state index in [2.05, 4.69) is 4.98 Å². The lowest BCUT2D eigenvalue weighted by Gasteiger charge is -2.14. The molecule has 8 nitrogen and oxygen atoms in total. The van der Waals surface area contributed by atoms with Crippen LogP contribution in [0.3, 0.4) is 0 Å². The summed E-state index contributed by atoms with van der Waals surface area (Å²) in [6.07, 6.45) is 0. The van der Waals surface area contributed by atoms with Crippen molar-refractivity contribution in [2.45, 2.75) is 13.5 Å². The van der Waals surface area contributed by atoms with Gasteiger partial charge in [-0.3, -0.25) is 14.2 Å². The first-order valence-corrected chi connectivity index (χ1v) is 9.29. The van der Waals surface area contributed by atoms with E-state index in [0.717, 1.165) is 11.3 Å². The first-order valence-electron chi connectivity index (χ1n) is 8.48. The van der Waals surface area contributed by atoms with Crippen LogP contribution in [0.5, 0.6) is 11.5 Å². The highest BCUT2D eigenvalue weighted by Gasteiger charge is 2.21. The van der Waals surface area contributed by atoms with Gasteiger partial charge in [-0.1, -0.05) is 0 Å². The lowest BCUT2D eigenvalue weighted by molar-refractivity contribution is 0.100. The van der Waals surface area contributed by atoms with Gasteiger partial charge < -0.3 is 19.9 Å². The fourth-order valence-electron chi connectivity index (χ4n) is 3.04. The number of hydrogen-bond acceptors (Lipinski definition) is 7. The van der Waals surface area contributed by atoms with Crippen molar-refractivity contribution in [1.29, 1.82) is 0 Å². The van der Waals surface area contributed by atoms with Crippen LogP contribution < -0.4 is 20.8 Å². The minimum Gasteiger partial charge on any atom is -0.493 e. The number of nitrogens with two attached hydrogens (primary N) is 1. The summed E-state index contributed by atoms with van der Waals surface area (Å²) >= 11 is 1.12. The maximum absolute atomic E-state index is 13.2. The number of aryl methyl sites for hydroxylation is 1. The molecule has 2 aromatic heterocycles. The summed E-state index contributed by atoms with van der Waals surface area (Å²) < 4.78 is 17.3. The molecular formula is C19H21N3O5S. The quantitative estimate of drug-likeness (QED) is 0.648. The Morgan fingerprint density at radius 3 is 2.54 bits per heavy atom. The normalized spacial score (nSPS) is 11.0. The molecule has 0 aliphatic heterocycles. The van der Waals surface area contributed by atoms with Crippen molar-refractivity contribution in [3.63, 3.8) is 0 Å². The van der Waals surface area contributed by atoms with Gasteiger partial charge in [-0.2, -0.15) is 0 Å². The van der Waals surface area contributed by atoms with Crippen LogP contribution in [0.25, 0.3) is 21.6 Å². The van der Waals surface area contributed by atoms with E-state index in [9.17, 15) is 9.59 Å². The van der Waals surface area contributed by atoms with E-state index >= 15 is 0 Å². The number of thiophene rings is 1. The van der Waals surface area contributed by atoms with Crippen LogP contribution in [-0.2, 0) is 11.3 Å². The Morgan fingerprint density at radius 1 is 1.21 bits per heavy atom. The van der Waals surface area contributed by atoms with Gasteiger partial charge in [-0.25, -0.2) is 4.98 Å². The molecule has 0 unspecified atom stereocenters. The Labute approximate surface area is 165 Å². The minimum atomic E-state index is -0.573. The SMILES string of the molecule is COCCn1c(-c2ccc(OC)c(OC)c2)nc2sc(C(N)=O)c(C)c2c1=O. The van der Waals surface area contributed by atoms with E-state index in [4.69, 9.17) is 19.9 Å². The second-order valence-corrected chi connectivity index (χ2v) is 7.05. The second kappa shape index (κ2) is 7.99. The molecule has 0 fully saturated rings. The number of hydrogen-bond donors (Lipinski definition) is 1. The molecule has 0 spiro atoms. The lowest BCUT2D eigenvalue weighted by Crippen LogP contribution is -2.25. The van der Waals surface area contributed by atoms with E-state index in [0.29, 0.717) is 56.7 Å². The van der Waals surface area contributed by atoms with Gasteiger partial charge in [0.2, 0.25) is 0 Å².